The van der Waals surface area contributed by atoms with Gasteiger partial charge in [-0.15, -0.1) is 0 Å². The number of aromatic nitrogens is 4. The number of benzene rings is 2. The Morgan fingerprint density at radius 1 is 1.18 bits per heavy atom. The van der Waals surface area contributed by atoms with Crippen LogP contribution in [-0.4, -0.2) is 37.4 Å². The highest BCUT2D eigenvalue weighted by Crippen LogP contribution is 2.26. The van der Waals surface area contributed by atoms with E-state index < -0.39 is 10.8 Å². The number of aryl methyl sites for hydroxylation is 1. The maximum absolute atomic E-state index is 11.2. The predicted octanol–water partition coefficient (Wildman–Crippen LogP) is 3.04. The molecule has 0 spiro atoms. The predicted molar refractivity (Wildman–Crippen MR) is 117 cm³/mol. The summed E-state index contributed by atoms with van der Waals surface area (Å²) in [7, 11) is 0. The lowest BCUT2D eigenvalue weighted by Crippen LogP contribution is -2.19. The van der Waals surface area contributed by atoms with Gasteiger partial charge < -0.3 is 15.0 Å². The second kappa shape index (κ2) is 8.91. The van der Waals surface area contributed by atoms with Crippen LogP contribution in [0.1, 0.15) is 17.0 Å². The minimum Gasteiger partial charge on any atom is -0.484 e. The van der Waals surface area contributed by atoms with E-state index in [9.17, 15) is 14.9 Å². The number of nitro groups is 1. The molecular weight excluding hydrogens is 428 g/mol. The van der Waals surface area contributed by atoms with Gasteiger partial charge in [0.25, 0.3) is 11.8 Å². The van der Waals surface area contributed by atoms with Gasteiger partial charge in [-0.25, -0.2) is 0 Å². The van der Waals surface area contributed by atoms with Gasteiger partial charge in [-0.05, 0) is 55.8 Å². The smallest absolute Gasteiger partial charge is 0.312 e. The zero-order valence-electron chi connectivity index (χ0n) is 17.9. The summed E-state index contributed by atoms with van der Waals surface area (Å²) < 4.78 is 12.3. The molecule has 0 aliphatic rings. The molecule has 0 fully saturated rings. The van der Waals surface area contributed by atoms with Gasteiger partial charge in [0.05, 0.1) is 11.5 Å². The Morgan fingerprint density at radius 2 is 1.94 bits per heavy atom. The molecule has 1 amide bonds. The number of nitrogens with zero attached hydrogens (tertiary/aromatic N) is 5. The fraction of sp³-hybridized carbons (Fsp3) is 0.182. The minimum atomic E-state index is -0.555. The molecule has 2 heterocycles. The second-order valence-electron chi connectivity index (χ2n) is 7.34. The van der Waals surface area contributed by atoms with Crippen LogP contribution in [0.15, 0.2) is 53.1 Å². The van der Waals surface area contributed by atoms with Crippen molar-refractivity contribution in [2.75, 3.05) is 6.61 Å². The number of ether oxygens (including phenoxy) is 1. The van der Waals surface area contributed by atoms with Crippen molar-refractivity contribution in [2.45, 2.75) is 20.4 Å². The first-order chi connectivity index (χ1) is 15.8. The molecule has 4 aromatic rings. The molecule has 2 aromatic carbocycles. The van der Waals surface area contributed by atoms with Crippen LogP contribution in [0.3, 0.4) is 0 Å². The van der Waals surface area contributed by atoms with Gasteiger partial charge in [0, 0.05) is 11.1 Å². The number of carbonyl (C=O) groups excluding carboxylic acids is 1. The van der Waals surface area contributed by atoms with E-state index in [4.69, 9.17) is 15.0 Å². The molecule has 0 aliphatic heterocycles. The molecule has 0 bridgehead atoms. The maximum Gasteiger partial charge on any atom is 0.312 e. The van der Waals surface area contributed by atoms with Crippen LogP contribution >= 0.6 is 0 Å². The topological polar surface area (TPSA) is 152 Å². The Labute approximate surface area is 187 Å². The standard InChI is InChI=1S/C22H20N6O5/c1-13-20(28(30)31)14(2)27(25-13)11-15-4-3-5-17(10-15)22-24-21(26-33-22)16-6-8-18(9-7-16)32-12-19(23)29/h3-10H,11-12H2,1-2H3,(H2,23,29). The maximum atomic E-state index is 11.2. The van der Waals surface area contributed by atoms with Gasteiger partial charge in [-0.1, -0.05) is 17.3 Å². The molecule has 11 nitrogen and oxygen atoms in total. The first-order valence-corrected chi connectivity index (χ1v) is 9.95. The van der Waals surface area contributed by atoms with Crippen LogP contribution in [0, 0.1) is 24.0 Å². The number of carbonyl (C=O) groups is 1. The van der Waals surface area contributed by atoms with E-state index in [0.29, 0.717) is 46.5 Å². The third-order valence-electron chi connectivity index (χ3n) is 4.95. The molecule has 2 N–H and O–H groups in total. The largest absolute Gasteiger partial charge is 0.484 e. The number of amides is 1. The fourth-order valence-electron chi connectivity index (χ4n) is 3.39. The molecule has 0 radical (unpaired) electrons. The summed E-state index contributed by atoms with van der Waals surface area (Å²) in [6, 6.07) is 14.3. The van der Waals surface area contributed by atoms with Gasteiger partial charge >= 0.3 is 5.69 Å². The average molecular weight is 448 g/mol. The van der Waals surface area contributed by atoms with Gasteiger partial charge in [-0.2, -0.15) is 10.1 Å². The minimum absolute atomic E-state index is 0.0266. The molecule has 33 heavy (non-hydrogen) atoms. The van der Waals surface area contributed by atoms with Crippen LogP contribution in [0.2, 0.25) is 0 Å². The van der Waals surface area contributed by atoms with E-state index in [0.717, 1.165) is 5.56 Å². The van der Waals surface area contributed by atoms with Crippen molar-refractivity contribution in [1.82, 2.24) is 19.9 Å². The molecule has 0 unspecified atom stereocenters. The van der Waals surface area contributed by atoms with Crippen LogP contribution in [0.5, 0.6) is 5.75 Å². The monoisotopic (exact) mass is 448 g/mol. The first kappa shape index (κ1) is 21.7. The Balaban J connectivity index is 1.52. The van der Waals surface area contributed by atoms with Crippen LogP contribution in [0.25, 0.3) is 22.8 Å². The van der Waals surface area contributed by atoms with E-state index in [1.165, 1.54) is 0 Å². The molecule has 4 rings (SSSR count). The van der Waals surface area contributed by atoms with Crippen molar-refractivity contribution in [2.24, 2.45) is 5.73 Å². The van der Waals surface area contributed by atoms with Crippen molar-refractivity contribution >= 4 is 11.6 Å². The van der Waals surface area contributed by atoms with E-state index in [2.05, 4.69) is 15.2 Å². The number of hydrogen-bond donors (Lipinski definition) is 1. The molecule has 0 aliphatic carbocycles. The molecule has 0 saturated heterocycles. The molecule has 2 aromatic heterocycles. The van der Waals surface area contributed by atoms with Crippen LogP contribution < -0.4 is 10.5 Å². The second-order valence-corrected chi connectivity index (χ2v) is 7.34. The number of nitrogens with two attached hydrogens (primary N) is 1. The van der Waals surface area contributed by atoms with Gasteiger partial charge in [0.2, 0.25) is 5.82 Å². The Morgan fingerprint density at radius 3 is 2.61 bits per heavy atom. The number of primary amides is 1. The fourth-order valence-corrected chi connectivity index (χ4v) is 3.39. The van der Waals surface area contributed by atoms with E-state index in [1.807, 2.05) is 24.3 Å². The third-order valence-corrected chi connectivity index (χ3v) is 4.95. The molecule has 0 saturated carbocycles. The van der Waals surface area contributed by atoms with E-state index >= 15 is 0 Å². The summed E-state index contributed by atoms with van der Waals surface area (Å²) in [6.07, 6.45) is 0. The Hall–Kier alpha value is -4.54. The summed E-state index contributed by atoms with van der Waals surface area (Å²) in [5.74, 6) is 0.671. The summed E-state index contributed by atoms with van der Waals surface area (Å²) in [5.41, 5.74) is 8.27. The number of hydrogen-bond acceptors (Lipinski definition) is 8. The molecule has 0 atom stereocenters. The van der Waals surface area contributed by atoms with Gasteiger partial charge in [0.15, 0.2) is 6.61 Å². The number of rotatable bonds is 8. The lowest BCUT2D eigenvalue weighted by atomic mass is 10.1. The molecule has 168 valence electrons. The highest BCUT2D eigenvalue weighted by Gasteiger charge is 2.22. The first-order valence-electron chi connectivity index (χ1n) is 9.95. The van der Waals surface area contributed by atoms with Crippen molar-refractivity contribution < 1.29 is 19.0 Å². The van der Waals surface area contributed by atoms with E-state index in [-0.39, 0.29) is 12.3 Å². The SMILES string of the molecule is Cc1nn(Cc2cccc(-c3nc(-c4ccc(OCC(N)=O)cc4)no3)c2)c(C)c1[N+](=O)[O-]. The van der Waals surface area contributed by atoms with E-state index in [1.54, 1.807) is 42.8 Å². The third kappa shape index (κ3) is 4.71. The zero-order valence-corrected chi connectivity index (χ0v) is 17.9. The van der Waals surface area contributed by atoms with Crippen molar-refractivity contribution in [3.8, 4) is 28.6 Å². The quantitative estimate of drug-likeness (QED) is 0.319. The van der Waals surface area contributed by atoms with Crippen molar-refractivity contribution in [1.29, 1.82) is 0 Å². The van der Waals surface area contributed by atoms with Crippen LogP contribution in [-0.2, 0) is 11.3 Å². The Kier molecular flexibility index (Phi) is 5.85. The summed E-state index contributed by atoms with van der Waals surface area (Å²) in [4.78, 5) is 26.1. The molecule has 11 heteroatoms. The molecular formula is C22H20N6O5. The highest BCUT2D eigenvalue weighted by molar-refractivity contribution is 5.75. The van der Waals surface area contributed by atoms with Crippen LogP contribution in [0.4, 0.5) is 5.69 Å². The van der Waals surface area contributed by atoms with Crippen molar-refractivity contribution in [3.63, 3.8) is 0 Å². The summed E-state index contributed by atoms with van der Waals surface area (Å²) in [6.45, 7) is 3.46. The lowest BCUT2D eigenvalue weighted by molar-refractivity contribution is -0.386. The summed E-state index contributed by atoms with van der Waals surface area (Å²) in [5, 5.41) is 19.6. The lowest BCUT2D eigenvalue weighted by Gasteiger charge is -2.05. The highest BCUT2D eigenvalue weighted by atomic mass is 16.6. The average Bonchev–Trinajstić information content (AvgIpc) is 3.38. The summed E-state index contributed by atoms with van der Waals surface area (Å²) >= 11 is 0. The zero-order chi connectivity index (χ0) is 23.5. The normalized spacial score (nSPS) is 10.8. The Bertz CT molecular complexity index is 1330. The van der Waals surface area contributed by atoms with Gasteiger partial charge in [-0.3, -0.25) is 19.6 Å². The van der Waals surface area contributed by atoms with Crippen molar-refractivity contribution in [3.05, 3.63) is 75.6 Å². The van der Waals surface area contributed by atoms with Gasteiger partial charge in [0.1, 0.15) is 17.1 Å².